The summed E-state index contributed by atoms with van der Waals surface area (Å²) in [6, 6.07) is 6.06. The second kappa shape index (κ2) is 4.65. The van der Waals surface area contributed by atoms with Crippen molar-refractivity contribution in [1.82, 2.24) is 0 Å². The van der Waals surface area contributed by atoms with Crippen molar-refractivity contribution in [2.45, 2.75) is 5.92 Å². The van der Waals surface area contributed by atoms with Gasteiger partial charge in [0, 0.05) is 9.49 Å². The van der Waals surface area contributed by atoms with Crippen LogP contribution >= 0.6 is 22.6 Å². The number of allylic oxidation sites excluding steroid dienone is 1. The fourth-order valence-corrected chi connectivity index (χ4v) is 1.72. The van der Waals surface area contributed by atoms with E-state index in [1.807, 2.05) is 18.2 Å². The average Bonchev–Trinajstić information content (AvgIpc) is 2.15. The highest BCUT2D eigenvalue weighted by Gasteiger charge is 2.04. The summed E-state index contributed by atoms with van der Waals surface area (Å²) in [5, 5.41) is 0. The zero-order valence-corrected chi connectivity index (χ0v) is 9.74. The van der Waals surface area contributed by atoms with Crippen molar-refractivity contribution >= 4 is 22.6 Å². The summed E-state index contributed by atoms with van der Waals surface area (Å²) < 4.78 is 6.32. The Morgan fingerprint density at radius 2 is 2.15 bits per heavy atom. The third kappa shape index (κ3) is 2.72. The SMILES string of the molecule is [CH2]C(C=C)c1cc(I)cc(OC)c1. The van der Waals surface area contributed by atoms with E-state index in [9.17, 15) is 0 Å². The van der Waals surface area contributed by atoms with Crippen LogP contribution in [-0.2, 0) is 0 Å². The maximum atomic E-state index is 5.16. The second-order valence-corrected chi connectivity index (χ2v) is 4.01. The van der Waals surface area contributed by atoms with Gasteiger partial charge in [-0.2, -0.15) is 0 Å². The lowest BCUT2D eigenvalue weighted by atomic mass is 10.0. The highest BCUT2D eigenvalue weighted by atomic mass is 127. The predicted octanol–water partition coefficient (Wildman–Crippen LogP) is 3.40. The lowest BCUT2D eigenvalue weighted by Crippen LogP contribution is -1.92. The minimum atomic E-state index is 0.128. The Kier molecular flexibility index (Phi) is 3.78. The monoisotopic (exact) mass is 287 g/mol. The molecule has 1 radical (unpaired) electrons. The van der Waals surface area contributed by atoms with E-state index in [4.69, 9.17) is 4.74 Å². The zero-order valence-electron chi connectivity index (χ0n) is 7.59. The number of methoxy groups -OCH3 is 1. The molecule has 1 rings (SSSR count). The Bertz CT molecular complexity index is 307. The number of ether oxygens (including phenoxy) is 1. The van der Waals surface area contributed by atoms with Gasteiger partial charge in [0.25, 0.3) is 0 Å². The van der Waals surface area contributed by atoms with Crippen LogP contribution in [0.3, 0.4) is 0 Å². The van der Waals surface area contributed by atoms with E-state index < -0.39 is 0 Å². The zero-order chi connectivity index (χ0) is 9.84. The van der Waals surface area contributed by atoms with Gasteiger partial charge in [0.2, 0.25) is 0 Å². The lowest BCUT2D eigenvalue weighted by molar-refractivity contribution is 0.414. The maximum Gasteiger partial charge on any atom is 0.120 e. The van der Waals surface area contributed by atoms with Gasteiger partial charge >= 0.3 is 0 Å². The van der Waals surface area contributed by atoms with E-state index in [1.165, 1.54) is 0 Å². The minimum Gasteiger partial charge on any atom is -0.497 e. The van der Waals surface area contributed by atoms with Crippen LogP contribution in [0.2, 0.25) is 0 Å². The molecule has 13 heavy (non-hydrogen) atoms. The molecule has 0 aliphatic rings. The van der Waals surface area contributed by atoms with E-state index in [0.29, 0.717) is 0 Å². The summed E-state index contributed by atoms with van der Waals surface area (Å²) in [6.07, 6.45) is 1.82. The van der Waals surface area contributed by atoms with Crippen molar-refractivity contribution < 1.29 is 4.74 Å². The van der Waals surface area contributed by atoms with Gasteiger partial charge in [0.05, 0.1) is 7.11 Å². The minimum absolute atomic E-state index is 0.128. The van der Waals surface area contributed by atoms with Crippen LogP contribution in [0.25, 0.3) is 0 Å². The van der Waals surface area contributed by atoms with Crippen LogP contribution in [0, 0.1) is 10.5 Å². The third-order valence-electron chi connectivity index (χ3n) is 1.84. The van der Waals surface area contributed by atoms with Gasteiger partial charge in [-0.05, 0) is 53.3 Å². The first-order chi connectivity index (χ1) is 6.17. The topological polar surface area (TPSA) is 9.23 Å². The van der Waals surface area contributed by atoms with Crippen LogP contribution in [0.1, 0.15) is 11.5 Å². The van der Waals surface area contributed by atoms with Gasteiger partial charge in [0.1, 0.15) is 5.75 Å². The quantitative estimate of drug-likeness (QED) is 0.611. The number of hydrogen-bond acceptors (Lipinski definition) is 1. The van der Waals surface area contributed by atoms with E-state index in [-0.39, 0.29) is 5.92 Å². The summed E-state index contributed by atoms with van der Waals surface area (Å²) >= 11 is 2.26. The fraction of sp³-hybridized carbons (Fsp3) is 0.182. The Balaban J connectivity index is 3.07. The van der Waals surface area contributed by atoms with Crippen LogP contribution in [0.5, 0.6) is 5.75 Å². The van der Waals surface area contributed by atoms with Crippen LogP contribution < -0.4 is 4.74 Å². The van der Waals surface area contributed by atoms with E-state index in [2.05, 4.69) is 42.2 Å². The van der Waals surface area contributed by atoms with Crippen LogP contribution in [0.15, 0.2) is 30.9 Å². The van der Waals surface area contributed by atoms with E-state index in [0.717, 1.165) is 14.9 Å². The lowest BCUT2D eigenvalue weighted by Gasteiger charge is -2.09. The molecule has 0 saturated carbocycles. The molecule has 0 N–H and O–H groups in total. The van der Waals surface area contributed by atoms with Crippen molar-refractivity contribution in [2.75, 3.05) is 7.11 Å². The molecular weight excluding hydrogens is 275 g/mol. The normalized spacial score (nSPS) is 12.2. The Morgan fingerprint density at radius 1 is 1.46 bits per heavy atom. The standard InChI is InChI=1S/C11H12IO/c1-4-8(2)9-5-10(12)7-11(6-9)13-3/h4-8H,1-2H2,3H3. The van der Waals surface area contributed by atoms with Crippen LogP contribution in [0.4, 0.5) is 0 Å². The molecule has 1 aromatic rings. The van der Waals surface area contributed by atoms with Crippen molar-refractivity contribution in [2.24, 2.45) is 0 Å². The molecule has 0 saturated heterocycles. The molecule has 0 amide bonds. The van der Waals surface area contributed by atoms with Gasteiger partial charge < -0.3 is 4.74 Å². The Hall–Kier alpha value is -0.510. The molecule has 0 aliphatic heterocycles. The fourth-order valence-electron chi connectivity index (χ4n) is 1.05. The van der Waals surface area contributed by atoms with Gasteiger partial charge in [-0.15, -0.1) is 6.58 Å². The average molecular weight is 287 g/mol. The van der Waals surface area contributed by atoms with E-state index in [1.54, 1.807) is 7.11 Å². The van der Waals surface area contributed by atoms with Gasteiger partial charge in [0.15, 0.2) is 0 Å². The first-order valence-corrected chi connectivity index (χ1v) is 5.05. The number of hydrogen-bond donors (Lipinski definition) is 0. The summed E-state index contributed by atoms with van der Waals surface area (Å²) in [5.41, 5.74) is 1.14. The van der Waals surface area contributed by atoms with Crippen LogP contribution in [-0.4, -0.2) is 7.11 Å². The molecular formula is C11H12IO. The molecule has 0 spiro atoms. The third-order valence-corrected chi connectivity index (χ3v) is 2.46. The predicted molar refractivity (Wildman–Crippen MR) is 64.0 cm³/mol. The maximum absolute atomic E-state index is 5.16. The summed E-state index contributed by atoms with van der Waals surface area (Å²) in [6.45, 7) is 7.68. The van der Waals surface area contributed by atoms with Crippen molar-refractivity contribution in [3.63, 3.8) is 0 Å². The molecule has 2 heteroatoms. The van der Waals surface area contributed by atoms with E-state index >= 15 is 0 Å². The number of rotatable bonds is 3. The molecule has 0 aliphatic carbocycles. The molecule has 69 valence electrons. The molecule has 1 unspecified atom stereocenters. The van der Waals surface area contributed by atoms with Crippen molar-refractivity contribution in [3.05, 3.63) is 46.9 Å². The summed E-state index contributed by atoms with van der Waals surface area (Å²) in [7, 11) is 1.67. The molecule has 0 aromatic heterocycles. The summed E-state index contributed by atoms with van der Waals surface area (Å²) in [5.74, 6) is 1.00. The second-order valence-electron chi connectivity index (χ2n) is 2.77. The molecule has 1 aromatic carbocycles. The first kappa shape index (κ1) is 10.6. The van der Waals surface area contributed by atoms with Crippen molar-refractivity contribution in [1.29, 1.82) is 0 Å². The molecule has 0 fully saturated rings. The van der Waals surface area contributed by atoms with Crippen molar-refractivity contribution in [3.8, 4) is 5.75 Å². The highest BCUT2D eigenvalue weighted by Crippen LogP contribution is 2.24. The number of benzene rings is 1. The Labute approximate surface area is 92.9 Å². The molecule has 1 atom stereocenters. The molecule has 0 bridgehead atoms. The Morgan fingerprint density at radius 3 is 2.69 bits per heavy atom. The van der Waals surface area contributed by atoms with Gasteiger partial charge in [-0.25, -0.2) is 0 Å². The molecule has 0 heterocycles. The molecule has 1 nitrogen and oxygen atoms in total. The van der Waals surface area contributed by atoms with Gasteiger partial charge in [-0.3, -0.25) is 0 Å². The van der Waals surface area contributed by atoms with Gasteiger partial charge in [-0.1, -0.05) is 6.08 Å². The number of halogens is 1. The smallest absolute Gasteiger partial charge is 0.120 e. The largest absolute Gasteiger partial charge is 0.497 e. The first-order valence-electron chi connectivity index (χ1n) is 3.97. The summed E-state index contributed by atoms with van der Waals surface area (Å²) in [4.78, 5) is 0. The highest BCUT2D eigenvalue weighted by molar-refractivity contribution is 14.1.